The summed E-state index contributed by atoms with van der Waals surface area (Å²) in [6, 6.07) is 10.9. The summed E-state index contributed by atoms with van der Waals surface area (Å²) in [5.74, 6) is -0.296. The first-order valence-corrected chi connectivity index (χ1v) is 10.7. The molecular weight excluding hydrogens is 449 g/mol. The summed E-state index contributed by atoms with van der Waals surface area (Å²) < 4.78 is 69.9. The van der Waals surface area contributed by atoms with Crippen molar-refractivity contribution >= 4 is 16.2 Å². The average molecular weight is 468 g/mol. The molecule has 0 fully saturated rings. The highest BCUT2D eigenvalue weighted by atomic mass is 32.2. The Morgan fingerprint density at radius 3 is 2.38 bits per heavy atom. The molecule has 0 aliphatic heterocycles. The normalized spacial score (nSPS) is 12.0. The lowest BCUT2D eigenvalue weighted by Crippen LogP contribution is -2.34. The highest BCUT2D eigenvalue weighted by molar-refractivity contribution is 7.87. The van der Waals surface area contributed by atoms with E-state index >= 15 is 0 Å². The summed E-state index contributed by atoms with van der Waals surface area (Å²) in [4.78, 5) is 11.8. The van der Waals surface area contributed by atoms with Crippen molar-refractivity contribution in [2.75, 3.05) is 18.9 Å². The van der Waals surface area contributed by atoms with E-state index in [0.717, 1.165) is 6.07 Å². The number of hydrogen-bond donors (Lipinski definition) is 3. The number of nitrogens with zero attached hydrogens (tertiary/aromatic N) is 3. The summed E-state index contributed by atoms with van der Waals surface area (Å²) in [6.45, 7) is 1.01. The Hall–Kier alpha value is -3.29. The summed E-state index contributed by atoms with van der Waals surface area (Å²) in [6.07, 6.45) is -4.68. The van der Waals surface area contributed by atoms with Crippen molar-refractivity contribution in [3.63, 3.8) is 0 Å². The number of alkyl halides is 3. The minimum atomic E-state index is -4.68. The number of aryl methyl sites for hydroxylation is 1. The number of benzene rings is 1. The molecule has 0 atom stereocenters. The largest absolute Gasteiger partial charge is 0.476 e. The molecule has 0 saturated heterocycles. The maximum atomic E-state index is 13.4. The molecule has 5 N–H and O–H groups in total. The highest BCUT2D eigenvalue weighted by Gasteiger charge is 2.33. The zero-order valence-electron chi connectivity index (χ0n) is 16.7. The van der Waals surface area contributed by atoms with Gasteiger partial charge in [0.1, 0.15) is 12.3 Å². The Morgan fingerprint density at radius 2 is 1.75 bits per heavy atom. The third-order valence-corrected chi connectivity index (χ3v) is 4.72. The minimum absolute atomic E-state index is 0.109. The standard InChI is InChI=1S/C19H19F3N6O3S/c1-11-9-13(10-14(26-11)19(20,21)22)15-16(12-5-3-2-4-6-12)27-18(23)28-17(15)31-8-7-25-32(24,29)30/h2-6,9-10,25H,7-8H2,1H3,(H2,23,27,28)(H2,24,29,30). The van der Waals surface area contributed by atoms with Crippen molar-refractivity contribution in [2.24, 2.45) is 5.14 Å². The smallest absolute Gasteiger partial charge is 0.433 e. The van der Waals surface area contributed by atoms with Gasteiger partial charge in [-0.3, -0.25) is 0 Å². The van der Waals surface area contributed by atoms with Crippen molar-refractivity contribution in [3.8, 4) is 28.3 Å². The molecule has 0 amide bonds. The molecule has 13 heteroatoms. The van der Waals surface area contributed by atoms with Gasteiger partial charge in [-0.25, -0.2) is 15.1 Å². The number of halogens is 3. The summed E-state index contributed by atoms with van der Waals surface area (Å²) in [5, 5.41) is 4.88. The molecule has 32 heavy (non-hydrogen) atoms. The van der Waals surface area contributed by atoms with Crippen molar-refractivity contribution < 1.29 is 26.3 Å². The average Bonchev–Trinajstić information content (AvgIpc) is 2.69. The summed E-state index contributed by atoms with van der Waals surface area (Å²) in [5.41, 5.74) is 5.91. The van der Waals surface area contributed by atoms with E-state index in [1.54, 1.807) is 30.3 Å². The monoisotopic (exact) mass is 468 g/mol. The fourth-order valence-electron chi connectivity index (χ4n) is 2.92. The molecule has 1 aromatic carbocycles. The third kappa shape index (κ3) is 5.90. The van der Waals surface area contributed by atoms with Gasteiger partial charge in [0.25, 0.3) is 10.2 Å². The van der Waals surface area contributed by atoms with Crippen LogP contribution in [0.1, 0.15) is 11.4 Å². The molecule has 0 aliphatic carbocycles. The zero-order chi connectivity index (χ0) is 23.5. The summed E-state index contributed by atoms with van der Waals surface area (Å²) in [7, 11) is -3.95. The van der Waals surface area contributed by atoms with E-state index < -0.39 is 22.1 Å². The molecule has 0 unspecified atom stereocenters. The minimum Gasteiger partial charge on any atom is -0.476 e. The molecule has 0 saturated carbocycles. The van der Waals surface area contributed by atoms with Crippen molar-refractivity contribution in [1.29, 1.82) is 0 Å². The van der Waals surface area contributed by atoms with Gasteiger partial charge < -0.3 is 10.5 Å². The fourth-order valence-corrected chi connectivity index (χ4v) is 3.28. The Labute approximate surface area is 181 Å². The van der Waals surface area contributed by atoms with Crippen LogP contribution in [0.5, 0.6) is 5.88 Å². The van der Waals surface area contributed by atoms with Crippen molar-refractivity contribution in [1.82, 2.24) is 19.7 Å². The van der Waals surface area contributed by atoms with Crippen LogP contribution in [0.25, 0.3) is 22.4 Å². The molecule has 3 aromatic rings. The summed E-state index contributed by atoms with van der Waals surface area (Å²) >= 11 is 0. The fraction of sp³-hybridized carbons (Fsp3) is 0.211. The Balaban J connectivity index is 2.16. The zero-order valence-corrected chi connectivity index (χ0v) is 17.5. The SMILES string of the molecule is Cc1cc(-c2c(OCCNS(N)(=O)=O)nc(N)nc2-c2ccccc2)cc(C(F)(F)F)n1. The van der Waals surface area contributed by atoms with Crippen LogP contribution < -0.4 is 20.3 Å². The van der Waals surface area contributed by atoms with Crippen LogP contribution in [-0.2, 0) is 16.4 Å². The number of nitrogens with one attached hydrogen (secondary N) is 1. The third-order valence-electron chi connectivity index (χ3n) is 4.12. The van der Waals surface area contributed by atoms with Gasteiger partial charge in [-0.05, 0) is 24.6 Å². The maximum absolute atomic E-state index is 13.4. The van der Waals surface area contributed by atoms with Gasteiger partial charge in [-0.2, -0.15) is 31.3 Å². The van der Waals surface area contributed by atoms with Gasteiger partial charge in [0.2, 0.25) is 11.8 Å². The second-order valence-corrected chi connectivity index (χ2v) is 8.02. The lowest BCUT2D eigenvalue weighted by Gasteiger charge is -2.17. The quantitative estimate of drug-likeness (QED) is 0.451. The number of nitrogens with two attached hydrogens (primary N) is 2. The predicted octanol–water partition coefficient (Wildman–Crippen LogP) is 2.29. The van der Waals surface area contributed by atoms with E-state index in [2.05, 4.69) is 15.0 Å². The van der Waals surface area contributed by atoms with Crippen LogP contribution in [0.2, 0.25) is 0 Å². The Kier molecular flexibility index (Phi) is 6.62. The molecule has 0 radical (unpaired) electrons. The van der Waals surface area contributed by atoms with Crippen LogP contribution in [0, 0.1) is 6.92 Å². The second kappa shape index (κ2) is 9.06. The molecule has 0 bridgehead atoms. The predicted molar refractivity (Wildman–Crippen MR) is 111 cm³/mol. The van der Waals surface area contributed by atoms with Crippen LogP contribution >= 0.6 is 0 Å². The molecule has 9 nitrogen and oxygen atoms in total. The number of rotatable bonds is 7. The van der Waals surface area contributed by atoms with Gasteiger partial charge in [0.15, 0.2) is 0 Å². The van der Waals surface area contributed by atoms with E-state index in [1.165, 1.54) is 13.0 Å². The van der Waals surface area contributed by atoms with E-state index in [-0.39, 0.29) is 47.5 Å². The number of nitrogen functional groups attached to an aromatic ring is 1. The van der Waals surface area contributed by atoms with Crippen molar-refractivity contribution in [3.05, 3.63) is 53.9 Å². The molecule has 170 valence electrons. The van der Waals surface area contributed by atoms with E-state index in [9.17, 15) is 21.6 Å². The molecule has 2 heterocycles. The van der Waals surface area contributed by atoms with Crippen molar-refractivity contribution in [2.45, 2.75) is 13.1 Å². The number of hydrogen-bond acceptors (Lipinski definition) is 7. The number of anilines is 1. The van der Waals surface area contributed by atoms with Crippen LogP contribution in [0.4, 0.5) is 19.1 Å². The number of ether oxygens (including phenoxy) is 1. The molecule has 0 aliphatic rings. The lowest BCUT2D eigenvalue weighted by molar-refractivity contribution is -0.141. The van der Waals surface area contributed by atoms with E-state index in [1.807, 2.05) is 4.72 Å². The highest BCUT2D eigenvalue weighted by Crippen LogP contribution is 2.39. The second-order valence-electron chi connectivity index (χ2n) is 6.64. The van der Waals surface area contributed by atoms with Crippen LogP contribution in [-0.4, -0.2) is 36.5 Å². The molecule has 2 aromatic heterocycles. The molecule has 3 rings (SSSR count). The van der Waals surface area contributed by atoms with Gasteiger partial charge in [-0.1, -0.05) is 30.3 Å². The van der Waals surface area contributed by atoms with E-state index in [4.69, 9.17) is 15.6 Å². The molecular formula is C19H19F3N6O3S. The lowest BCUT2D eigenvalue weighted by atomic mass is 9.99. The van der Waals surface area contributed by atoms with Gasteiger partial charge in [-0.15, -0.1) is 0 Å². The Bertz CT molecular complexity index is 1220. The van der Waals surface area contributed by atoms with E-state index in [0.29, 0.717) is 5.56 Å². The maximum Gasteiger partial charge on any atom is 0.433 e. The number of pyridine rings is 1. The topological polar surface area (TPSA) is 146 Å². The van der Waals surface area contributed by atoms with Gasteiger partial charge >= 0.3 is 6.18 Å². The van der Waals surface area contributed by atoms with Gasteiger partial charge in [0, 0.05) is 17.8 Å². The number of aromatic nitrogens is 3. The first-order chi connectivity index (χ1) is 14.9. The van der Waals surface area contributed by atoms with Crippen LogP contribution in [0.3, 0.4) is 0 Å². The first kappa shape index (κ1) is 23.4. The molecule has 0 spiro atoms. The van der Waals surface area contributed by atoms with Gasteiger partial charge in [0.05, 0.1) is 11.3 Å². The van der Waals surface area contributed by atoms with Crippen LogP contribution in [0.15, 0.2) is 42.5 Å². The first-order valence-electron chi connectivity index (χ1n) is 9.13. The Morgan fingerprint density at radius 1 is 1.06 bits per heavy atom.